The van der Waals surface area contributed by atoms with Crippen LogP contribution in [-0.2, 0) is 17.8 Å². The molecule has 0 saturated heterocycles. The highest BCUT2D eigenvalue weighted by Crippen LogP contribution is 2.29. The van der Waals surface area contributed by atoms with Crippen LogP contribution in [0.4, 0.5) is 5.82 Å². The van der Waals surface area contributed by atoms with Crippen LogP contribution in [0.2, 0.25) is 0 Å². The number of nitrogens with one attached hydrogen (secondary N) is 1. The number of hydrogen-bond donors (Lipinski definition) is 1. The van der Waals surface area contributed by atoms with Gasteiger partial charge < -0.3 is 10.1 Å². The van der Waals surface area contributed by atoms with E-state index in [2.05, 4.69) is 16.5 Å². The normalized spacial score (nSPS) is 12.8. The number of anilines is 1. The molecule has 0 saturated carbocycles. The average Bonchev–Trinajstić information content (AvgIpc) is 3.03. The standard InChI is InChI=1S/C14H14N4O/c1-19-9-12-11-6-7-16-14(11)18(17-12)13-5-3-2-4-10(13)8-15/h2-5,16H,6-7,9H2,1H3. The molecule has 19 heavy (non-hydrogen) atoms. The first-order chi connectivity index (χ1) is 9.35. The largest absolute Gasteiger partial charge is 0.378 e. The molecule has 0 fully saturated rings. The van der Waals surface area contributed by atoms with E-state index in [1.54, 1.807) is 13.2 Å². The van der Waals surface area contributed by atoms with Crippen molar-refractivity contribution in [1.29, 1.82) is 5.26 Å². The van der Waals surface area contributed by atoms with E-state index in [1.165, 1.54) is 5.56 Å². The summed E-state index contributed by atoms with van der Waals surface area (Å²) < 4.78 is 7.01. The van der Waals surface area contributed by atoms with Crippen LogP contribution in [0.3, 0.4) is 0 Å². The van der Waals surface area contributed by atoms with Gasteiger partial charge in [0.1, 0.15) is 11.9 Å². The van der Waals surface area contributed by atoms with Gasteiger partial charge in [0, 0.05) is 19.2 Å². The van der Waals surface area contributed by atoms with Crippen molar-refractivity contribution < 1.29 is 4.74 Å². The maximum atomic E-state index is 9.20. The van der Waals surface area contributed by atoms with Gasteiger partial charge in [-0.2, -0.15) is 10.4 Å². The van der Waals surface area contributed by atoms with Crippen LogP contribution in [0, 0.1) is 11.3 Å². The summed E-state index contributed by atoms with van der Waals surface area (Å²) >= 11 is 0. The minimum atomic E-state index is 0.492. The van der Waals surface area contributed by atoms with Gasteiger partial charge in [-0.25, -0.2) is 4.68 Å². The highest BCUT2D eigenvalue weighted by atomic mass is 16.5. The van der Waals surface area contributed by atoms with Crippen molar-refractivity contribution in [2.45, 2.75) is 13.0 Å². The molecule has 2 heterocycles. The Morgan fingerprint density at radius 3 is 3.11 bits per heavy atom. The third-order valence-corrected chi connectivity index (χ3v) is 3.27. The van der Waals surface area contributed by atoms with Crippen molar-refractivity contribution in [2.24, 2.45) is 0 Å². The van der Waals surface area contributed by atoms with Gasteiger partial charge in [0.25, 0.3) is 0 Å². The molecular weight excluding hydrogens is 240 g/mol. The molecule has 1 aromatic carbocycles. The van der Waals surface area contributed by atoms with Crippen LogP contribution in [0.1, 0.15) is 16.8 Å². The second-order valence-electron chi connectivity index (χ2n) is 4.42. The molecular formula is C14H14N4O. The summed E-state index contributed by atoms with van der Waals surface area (Å²) in [6.45, 7) is 1.39. The van der Waals surface area contributed by atoms with E-state index < -0.39 is 0 Å². The van der Waals surface area contributed by atoms with E-state index in [-0.39, 0.29) is 0 Å². The van der Waals surface area contributed by atoms with Crippen molar-refractivity contribution in [1.82, 2.24) is 9.78 Å². The minimum absolute atomic E-state index is 0.492. The summed E-state index contributed by atoms with van der Waals surface area (Å²) in [6.07, 6.45) is 0.947. The predicted molar refractivity (Wildman–Crippen MR) is 71.2 cm³/mol. The maximum Gasteiger partial charge on any atom is 0.133 e. The summed E-state index contributed by atoms with van der Waals surface area (Å²) in [6, 6.07) is 9.68. The minimum Gasteiger partial charge on any atom is -0.378 e. The van der Waals surface area contributed by atoms with Crippen LogP contribution < -0.4 is 5.32 Å². The molecule has 2 aromatic rings. The molecule has 0 atom stereocenters. The Morgan fingerprint density at radius 1 is 1.47 bits per heavy atom. The Bertz CT molecular complexity index is 654. The third kappa shape index (κ3) is 1.86. The summed E-state index contributed by atoms with van der Waals surface area (Å²) in [5.74, 6) is 0.981. The van der Waals surface area contributed by atoms with Crippen LogP contribution in [0.25, 0.3) is 5.69 Å². The van der Waals surface area contributed by atoms with Crippen molar-refractivity contribution in [3.8, 4) is 11.8 Å². The van der Waals surface area contributed by atoms with Gasteiger partial charge >= 0.3 is 0 Å². The second-order valence-corrected chi connectivity index (χ2v) is 4.42. The fourth-order valence-corrected chi connectivity index (χ4v) is 2.43. The zero-order valence-corrected chi connectivity index (χ0v) is 10.7. The molecule has 0 amide bonds. The highest BCUT2D eigenvalue weighted by molar-refractivity contribution is 5.60. The topological polar surface area (TPSA) is 62.9 Å². The third-order valence-electron chi connectivity index (χ3n) is 3.27. The lowest BCUT2D eigenvalue weighted by Crippen LogP contribution is -2.06. The van der Waals surface area contributed by atoms with Crippen LogP contribution in [0.5, 0.6) is 0 Å². The number of para-hydroxylation sites is 1. The lowest BCUT2D eigenvalue weighted by atomic mass is 10.2. The first-order valence-electron chi connectivity index (χ1n) is 6.18. The number of methoxy groups -OCH3 is 1. The molecule has 0 spiro atoms. The first-order valence-corrected chi connectivity index (χ1v) is 6.18. The fraction of sp³-hybridized carbons (Fsp3) is 0.286. The van der Waals surface area contributed by atoms with Gasteiger partial charge in [-0.15, -0.1) is 0 Å². The van der Waals surface area contributed by atoms with Crippen molar-refractivity contribution >= 4 is 5.82 Å². The van der Waals surface area contributed by atoms with Gasteiger partial charge in [-0.1, -0.05) is 12.1 Å². The zero-order valence-electron chi connectivity index (χ0n) is 10.7. The Hall–Kier alpha value is -2.32. The summed E-state index contributed by atoms with van der Waals surface area (Å²) in [5, 5.41) is 17.1. The van der Waals surface area contributed by atoms with E-state index in [1.807, 2.05) is 22.9 Å². The molecule has 3 rings (SSSR count). The highest BCUT2D eigenvalue weighted by Gasteiger charge is 2.23. The molecule has 5 heteroatoms. The molecule has 1 N–H and O–H groups in total. The van der Waals surface area contributed by atoms with E-state index in [0.717, 1.165) is 30.2 Å². The van der Waals surface area contributed by atoms with Gasteiger partial charge in [-0.05, 0) is 18.6 Å². The Kier molecular flexibility index (Phi) is 2.94. The molecule has 0 aliphatic carbocycles. The van der Waals surface area contributed by atoms with E-state index >= 15 is 0 Å². The molecule has 0 unspecified atom stereocenters. The molecule has 0 radical (unpaired) electrons. The Balaban J connectivity index is 2.16. The van der Waals surface area contributed by atoms with Gasteiger partial charge in [0.2, 0.25) is 0 Å². The summed E-state index contributed by atoms with van der Waals surface area (Å²) in [7, 11) is 1.66. The summed E-state index contributed by atoms with van der Waals surface area (Å²) in [5.41, 5.74) is 3.55. The molecule has 5 nitrogen and oxygen atoms in total. The molecule has 96 valence electrons. The van der Waals surface area contributed by atoms with Gasteiger partial charge in [0.15, 0.2) is 0 Å². The lowest BCUT2D eigenvalue weighted by molar-refractivity contribution is 0.180. The lowest BCUT2D eigenvalue weighted by Gasteiger charge is -2.07. The Morgan fingerprint density at radius 2 is 2.32 bits per heavy atom. The van der Waals surface area contributed by atoms with Crippen molar-refractivity contribution in [3.05, 3.63) is 41.1 Å². The number of fused-ring (bicyclic) bond motifs is 1. The van der Waals surface area contributed by atoms with Gasteiger partial charge in [-0.3, -0.25) is 0 Å². The number of benzene rings is 1. The average molecular weight is 254 g/mol. The van der Waals surface area contributed by atoms with Crippen molar-refractivity contribution in [3.63, 3.8) is 0 Å². The fourth-order valence-electron chi connectivity index (χ4n) is 2.43. The number of nitrogens with zero attached hydrogens (tertiary/aromatic N) is 3. The smallest absolute Gasteiger partial charge is 0.133 e. The van der Waals surface area contributed by atoms with Crippen LogP contribution >= 0.6 is 0 Å². The van der Waals surface area contributed by atoms with Crippen LogP contribution in [-0.4, -0.2) is 23.4 Å². The van der Waals surface area contributed by atoms with E-state index in [9.17, 15) is 5.26 Å². The number of hydrogen-bond acceptors (Lipinski definition) is 4. The van der Waals surface area contributed by atoms with Crippen molar-refractivity contribution in [2.75, 3.05) is 19.0 Å². The SMILES string of the molecule is COCc1nn(-c2ccccc2C#N)c2c1CCN2. The Labute approximate surface area is 111 Å². The maximum absolute atomic E-state index is 9.20. The van der Waals surface area contributed by atoms with E-state index in [4.69, 9.17) is 4.74 Å². The number of ether oxygens (including phenoxy) is 1. The molecule has 1 aliphatic rings. The quantitative estimate of drug-likeness (QED) is 0.908. The van der Waals surface area contributed by atoms with E-state index in [0.29, 0.717) is 12.2 Å². The predicted octanol–water partition coefficient (Wildman–Crippen LogP) is 1.86. The van der Waals surface area contributed by atoms with Gasteiger partial charge in [0.05, 0.1) is 23.6 Å². The molecule has 1 aliphatic heterocycles. The summed E-state index contributed by atoms with van der Waals surface area (Å²) in [4.78, 5) is 0. The van der Waals surface area contributed by atoms with Crippen LogP contribution in [0.15, 0.2) is 24.3 Å². The second kappa shape index (κ2) is 4.75. The number of nitriles is 1. The number of rotatable bonds is 3. The molecule has 1 aromatic heterocycles. The molecule has 0 bridgehead atoms. The zero-order chi connectivity index (χ0) is 13.2. The monoisotopic (exact) mass is 254 g/mol. The number of aromatic nitrogens is 2. The first kappa shape index (κ1) is 11.8.